The van der Waals surface area contributed by atoms with E-state index in [0.717, 1.165) is 5.56 Å². The Morgan fingerprint density at radius 2 is 1.46 bits per heavy atom. The number of rotatable bonds is 9. The van der Waals surface area contributed by atoms with E-state index in [1.165, 1.54) is 41.3 Å². The van der Waals surface area contributed by atoms with Crippen LogP contribution in [0.25, 0.3) is 0 Å². The van der Waals surface area contributed by atoms with E-state index in [1.54, 1.807) is 57.2 Å². The summed E-state index contributed by atoms with van der Waals surface area (Å²) < 4.78 is 17.5. The Kier molecular flexibility index (Phi) is 11.4. The second kappa shape index (κ2) is 16.0. The fraction of sp³-hybridized carbons (Fsp3) is 0.282. The zero-order valence-corrected chi connectivity index (χ0v) is 28.3. The molecule has 4 aromatic rings. The van der Waals surface area contributed by atoms with Gasteiger partial charge in [0.1, 0.15) is 23.7 Å². The van der Waals surface area contributed by atoms with Gasteiger partial charge in [0.25, 0.3) is 11.8 Å². The van der Waals surface area contributed by atoms with E-state index in [1.807, 2.05) is 30.3 Å². The Morgan fingerprint density at radius 1 is 0.800 bits per heavy atom. The molecule has 1 saturated heterocycles. The van der Waals surface area contributed by atoms with Crippen molar-refractivity contribution in [1.82, 2.24) is 10.2 Å². The lowest BCUT2D eigenvalue weighted by Gasteiger charge is -2.35. The number of carbonyl (C=O) groups is 4. The monoisotopic (exact) mass is 679 g/mol. The number of esters is 1. The fourth-order valence-electron chi connectivity index (χ4n) is 5.38. The third kappa shape index (κ3) is 9.62. The number of carbonyl (C=O) groups excluding carboxylic acids is 4. The molecule has 2 unspecified atom stereocenters. The largest absolute Gasteiger partial charge is 0.508 e. The highest BCUT2D eigenvalue weighted by Crippen LogP contribution is 2.25. The van der Waals surface area contributed by atoms with E-state index >= 15 is 0 Å². The van der Waals surface area contributed by atoms with Crippen molar-refractivity contribution in [3.8, 4) is 11.5 Å². The van der Waals surface area contributed by atoms with Crippen LogP contribution in [0.1, 0.15) is 76.7 Å². The van der Waals surface area contributed by atoms with Crippen LogP contribution in [0, 0.1) is 0 Å². The molecule has 1 heterocycles. The molecule has 0 spiro atoms. The molecule has 11 heteroatoms. The molecule has 4 aromatic carbocycles. The third-order valence-electron chi connectivity index (χ3n) is 7.86. The second-order valence-corrected chi connectivity index (χ2v) is 12.9. The number of ether oxygens (including phenoxy) is 3. The lowest BCUT2D eigenvalue weighted by atomic mass is 10.1. The van der Waals surface area contributed by atoms with Crippen LogP contribution < -0.4 is 15.4 Å². The molecular formula is C39H41N3O8. The maximum Gasteiger partial charge on any atom is 0.413 e. The summed E-state index contributed by atoms with van der Waals surface area (Å²) in [7, 11) is 0. The van der Waals surface area contributed by atoms with Crippen molar-refractivity contribution in [3.63, 3.8) is 0 Å². The van der Waals surface area contributed by atoms with E-state index in [0.29, 0.717) is 48.4 Å². The van der Waals surface area contributed by atoms with Gasteiger partial charge in [0.05, 0.1) is 17.2 Å². The van der Waals surface area contributed by atoms with Crippen LogP contribution in [0.5, 0.6) is 11.5 Å². The number of nitrogens with one attached hydrogen (secondary N) is 2. The average Bonchev–Trinajstić information content (AvgIpc) is 3.29. The average molecular weight is 680 g/mol. The molecule has 11 nitrogen and oxygen atoms in total. The normalized spacial score (nSPS) is 16.0. The number of benzene rings is 4. The number of hydrogen-bond acceptors (Lipinski definition) is 8. The first kappa shape index (κ1) is 35.5. The number of hydrogen-bond donors (Lipinski definition) is 3. The summed E-state index contributed by atoms with van der Waals surface area (Å²) in [6, 6.07) is 27.7. The summed E-state index contributed by atoms with van der Waals surface area (Å²) in [5, 5.41) is 15.4. The summed E-state index contributed by atoms with van der Waals surface area (Å²) in [6.45, 7) is 5.77. The number of phenolic OH excluding ortho intramolecular Hbond substituents is 1. The van der Waals surface area contributed by atoms with E-state index in [9.17, 15) is 24.3 Å². The highest BCUT2D eigenvalue weighted by atomic mass is 16.6. The minimum Gasteiger partial charge on any atom is -0.508 e. The molecule has 1 fully saturated rings. The van der Waals surface area contributed by atoms with E-state index in [4.69, 9.17) is 14.2 Å². The van der Waals surface area contributed by atoms with Gasteiger partial charge in [0.2, 0.25) is 6.23 Å². The number of nitrogens with zero attached hydrogens (tertiary/aromatic N) is 1. The SMILES string of the molecule is CC(C)(C)OC(=O)N1CCCCC(NC(=O)c2ccc(O)cc2)C1OC(=O)c1ccc(NC(=O)c2ccccc2OCc2ccccc2)cc1. The summed E-state index contributed by atoms with van der Waals surface area (Å²) in [6.07, 6.45) is -0.154. The Balaban J connectivity index is 1.30. The standard InChI is InChI=1S/C39H41N3O8/c1-39(2,3)50-38(47)42-24-10-9-14-32(41-34(44)27-18-22-30(43)23-19-27)36(42)49-37(46)28-16-20-29(21-17-28)40-35(45)31-13-7-8-15-33(31)48-25-26-11-5-4-6-12-26/h4-8,11-13,15-23,32,36,43H,9-10,14,24-25H2,1-3H3,(H,40,45)(H,41,44). The zero-order chi connectivity index (χ0) is 35.7. The molecule has 260 valence electrons. The molecule has 5 rings (SSSR count). The van der Waals surface area contributed by atoms with Crippen LogP contribution in [0.2, 0.25) is 0 Å². The van der Waals surface area contributed by atoms with Crippen LogP contribution in [0.4, 0.5) is 10.5 Å². The molecule has 0 aromatic heterocycles. The Morgan fingerprint density at radius 3 is 2.16 bits per heavy atom. The van der Waals surface area contributed by atoms with Crippen molar-refractivity contribution in [2.75, 3.05) is 11.9 Å². The fourth-order valence-corrected chi connectivity index (χ4v) is 5.38. The number of likely N-dealkylation sites (tertiary alicyclic amines) is 1. The number of phenols is 1. The Labute approximate surface area is 291 Å². The topological polar surface area (TPSA) is 144 Å². The van der Waals surface area contributed by atoms with Gasteiger partial charge < -0.3 is 30.0 Å². The van der Waals surface area contributed by atoms with Gasteiger partial charge in [-0.15, -0.1) is 0 Å². The van der Waals surface area contributed by atoms with Gasteiger partial charge in [0, 0.05) is 17.8 Å². The first-order chi connectivity index (χ1) is 24.0. The van der Waals surface area contributed by atoms with Gasteiger partial charge in [-0.2, -0.15) is 0 Å². The van der Waals surface area contributed by atoms with Crippen molar-refractivity contribution in [1.29, 1.82) is 0 Å². The van der Waals surface area contributed by atoms with Crippen molar-refractivity contribution < 1.29 is 38.5 Å². The van der Waals surface area contributed by atoms with Gasteiger partial charge in [-0.05, 0) is 106 Å². The third-order valence-corrected chi connectivity index (χ3v) is 7.86. The van der Waals surface area contributed by atoms with Crippen molar-refractivity contribution in [2.24, 2.45) is 0 Å². The summed E-state index contributed by atoms with van der Waals surface area (Å²) in [4.78, 5) is 54.7. The summed E-state index contributed by atoms with van der Waals surface area (Å²) in [5.74, 6) is -1.12. The van der Waals surface area contributed by atoms with Gasteiger partial charge in [-0.1, -0.05) is 42.5 Å². The maximum absolute atomic E-state index is 13.6. The van der Waals surface area contributed by atoms with Crippen LogP contribution in [0.3, 0.4) is 0 Å². The molecule has 1 aliphatic heterocycles. The van der Waals surface area contributed by atoms with Crippen molar-refractivity contribution >= 4 is 29.6 Å². The van der Waals surface area contributed by atoms with Gasteiger partial charge in [-0.3, -0.25) is 14.5 Å². The molecule has 0 aliphatic carbocycles. The molecule has 1 aliphatic rings. The predicted molar refractivity (Wildman–Crippen MR) is 187 cm³/mol. The number of anilines is 1. The quantitative estimate of drug-likeness (QED) is 0.162. The highest BCUT2D eigenvalue weighted by Gasteiger charge is 2.39. The second-order valence-electron chi connectivity index (χ2n) is 12.9. The van der Waals surface area contributed by atoms with Crippen LogP contribution in [-0.2, 0) is 16.1 Å². The molecule has 2 atom stereocenters. The number of para-hydroxylation sites is 1. The molecule has 0 saturated carbocycles. The van der Waals surface area contributed by atoms with E-state index in [2.05, 4.69) is 10.6 Å². The zero-order valence-electron chi connectivity index (χ0n) is 28.3. The first-order valence-electron chi connectivity index (χ1n) is 16.4. The van der Waals surface area contributed by atoms with Gasteiger partial charge in [0.15, 0.2) is 0 Å². The van der Waals surface area contributed by atoms with E-state index < -0.39 is 35.8 Å². The van der Waals surface area contributed by atoms with Crippen LogP contribution in [-0.4, -0.2) is 58.3 Å². The highest BCUT2D eigenvalue weighted by molar-refractivity contribution is 6.06. The lowest BCUT2D eigenvalue weighted by Crippen LogP contribution is -2.55. The Bertz CT molecular complexity index is 1790. The summed E-state index contributed by atoms with van der Waals surface area (Å²) >= 11 is 0. The molecular weight excluding hydrogens is 638 g/mol. The minimum absolute atomic E-state index is 0.0159. The van der Waals surface area contributed by atoms with E-state index in [-0.39, 0.29) is 23.8 Å². The molecule has 0 radical (unpaired) electrons. The molecule has 50 heavy (non-hydrogen) atoms. The minimum atomic E-state index is -1.17. The van der Waals surface area contributed by atoms with Crippen molar-refractivity contribution in [2.45, 2.75) is 64.5 Å². The van der Waals surface area contributed by atoms with Crippen molar-refractivity contribution in [3.05, 3.63) is 125 Å². The number of aromatic hydroxyl groups is 1. The van der Waals surface area contributed by atoms with Crippen LogP contribution in [0.15, 0.2) is 103 Å². The van der Waals surface area contributed by atoms with Gasteiger partial charge in [-0.25, -0.2) is 9.59 Å². The molecule has 0 bridgehead atoms. The predicted octanol–water partition coefficient (Wildman–Crippen LogP) is 6.93. The lowest BCUT2D eigenvalue weighted by molar-refractivity contribution is -0.0556. The Hall–Kier alpha value is -5.84. The first-order valence-corrected chi connectivity index (χ1v) is 16.4. The van der Waals surface area contributed by atoms with Gasteiger partial charge >= 0.3 is 12.1 Å². The maximum atomic E-state index is 13.6. The molecule has 3 N–H and O–H groups in total. The van der Waals surface area contributed by atoms with Crippen LogP contribution >= 0.6 is 0 Å². The molecule has 3 amide bonds. The smallest absolute Gasteiger partial charge is 0.413 e. The number of amides is 3. The summed E-state index contributed by atoms with van der Waals surface area (Å²) in [5.41, 5.74) is 1.42.